The van der Waals surface area contributed by atoms with Gasteiger partial charge in [-0.2, -0.15) is 5.10 Å². The molecule has 1 aromatic carbocycles. The molecule has 2 aliphatic rings. The molecule has 4 rings (SSSR count). The Morgan fingerprint density at radius 2 is 2.03 bits per heavy atom. The summed E-state index contributed by atoms with van der Waals surface area (Å²) in [5.74, 6) is -1.10. The summed E-state index contributed by atoms with van der Waals surface area (Å²) in [6.07, 6.45) is 3.25. The average Bonchev–Trinajstić information content (AvgIpc) is 3.33. The molecule has 2 aromatic rings. The van der Waals surface area contributed by atoms with Crippen LogP contribution in [0.5, 0.6) is 0 Å². The summed E-state index contributed by atoms with van der Waals surface area (Å²) in [5.41, 5.74) is 1.82. The monoisotopic (exact) mass is 445 g/mol. The number of rotatable bonds is 6. The van der Waals surface area contributed by atoms with Crippen molar-refractivity contribution < 1.29 is 22.8 Å². The molecule has 0 radical (unpaired) electrons. The Labute approximate surface area is 179 Å². The van der Waals surface area contributed by atoms with E-state index in [1.54, 1.807) is 22.9 Å². The van der Waals surface area contributed by atoms with Crippen molar-refractivity contribution in [1.29, 1.82) is 0 Å². The van der Waals surface area contributed by atoms with E-state index in [1.165, 1.54) is 17.3 Å². The van der Waals surface area contributed by atoms with E-state index in [9.17, 15) is 22.8 Å². The molecular weight excluding hydrogens is 422 g/mol. The van der Waals surface area contributed by atoms with Crippen molar-refractivity contribution in [2.45, 2.75) is 56.8 Å². The molecule has 3 amide bonds. The largest absolute Gasteiger partial charge is 0.322 e. The Bertz CT molecular complexity index is 1170. The number of piperidine rings is 1. The number of imide groups is 1. The maximum Gasteiger partial charge on any atom is 0.255 e. The second-order valence-electron chi connectivity index (χ2n) is 7.97. The molecule has 2 aliphatic heterocycles. The average molecular weight is 446 g/mol. The van der Waals surface area contributed by atoms with Crippen molar-refractivity contribution in [2.75, 3.05) is 0 Å². The van der Waals surface area contributed by atoms with Gasteiger partial charge in [-0.3, -0.25) is 24.4 Å². The van der Waals surface area contributed by atoms with Gasteiger partial charge < -0.3 is 4.90 Å². The molecule has 1 aromatic heterocycles. The second kappa shape index (κ2) is 7.89. The predicted molar refractivity (Wildman–Crippen MR) is 109 cm³/mol. The lowest BCUT2D eigenvalue weighted by Crippen LogP contribution is -2.52. The van der Waals surface area contributed by atoms with Gasteiger partial charge in [0.05, 0.1) is 6.20 Å². The van der Waals surface area contributed by atoms with E-state index in [-0.39, 0.29) is 42.3 Å². The second-order valence-corrected chi connectivity index (χ2v) is 9.73. The first-order valence-corrected chi connectivity index (χ1v) is 11.4. The lowest BCUT2D eigenvalue weighted by atomic mass is 10.0. The zero-order chi connectivity index (χ0) is 22.3. The molecular formula is C20H23N5O5S. The van der Waals surface area contributed by atoms with Crippen molar-refractivity contribution in [3.05, 3.63) is 47.3 Å². The van der Waals surface area contributed by atoms with Crippen LogP contribution >= 0.6 is 0 Å². The summed E-state index contributed by atoms with van der Waals surface area (Å²) >= 11 is 0. The van der Waals surface area contributed by atoms with Crippen molar-refractivity contribution in [1.82, 2.24) is 24.7 Å². The fraction of sp³-hybridized carbons (Fsp3) is 0.400. The van der Waals surface area contributed by atoms with Gasteiger partial charge >= 0.3 is 0 Å². The van der Waals surface area contributed by atoms with Crippen LogP contribution in [0, 0.1) is 0 Å². The van der Waals surface area contributed by atoms with Gasteiger partial charge in [0.2, 0.25) is 21.8 Å². The molecule has 31 heavy (non-hydrogen) atoms. The standard InChI is InChI=1S/C20H23N5O5S/c1-12(2)25-11-15(9-21-25)31(29,30)22-8-13-3-4-14-10-24(20(28)16(14)7-13)17-5-6-18(26)23-19(17)27/h3-4,7,9,11-12,17,22H,5-6,8,10H2,1-2H3,(H,23,26,27). The fourth-order valence-electron chi connectivity index (χ4n) is 3.72. The van der Waals surface area contributed by atoms with Gasteiger partial charge in [0, 0.05) is 37.3 Å². The summed E-state index contributed by atoms with van der Waals surface area (Å²) < 4.78 is 29.2. The van der Waals surface area contributed by atoms with Gasteiger partial charge in [0.1, 0.15) is 10.9 Å². The molecule has 0 spiro atoms. The van der Waals surface area contributed by atoms with Crippen LogP contribution in [0.25, 0.3) is 0 Å². The molecule has 1 fully saturated rings. The summed E-state index contributed by atoms with van der Waals surface area (Å²) in [6.45, 7) is 4.09. The summed E-state index contributed by atoms with van der Waals surface area (Å²) in [6, 6.07) is 4.51. The third-order valence-electron chi connectivity index (χ3n) is 5.48. The Morgan fingerprint density at radius 1 is 1.26 bits per heavy atom. The Morgan fingerprint density at radius 3 is 2.71 bits per heavy atom. The molecule has 10 nitrogen and oxygen atoms in total. The number of sulfonamides is 1. The highest BCUT2D eigenvalue weighted by molar-refractivity contribution is 7.89. The smallest absolute Gasteiger partial charge is 0.255 e. The third kappa shape index (κ3) is 4.10. The van der Waals surface area contributed by atoms with Gasteiger partial charge in [-0.25, -0.2) is 13.1 Å². The van der Waals surface area contributed by atoms with Gasteiger partial charge in [0.15, 0.2) is 0 Å². The summed E-state index contributed by atoms with van der Waals surface area (Å²) in [5, 5.41) is 6.32. The first-order valence-electron chi connectivity index (χ1n) is 9.96. The van der Waals surface area contributed by atoms with E-state index in [0.717, 1.165) is 5.56 Å². The van der Waals surface area contributed by atoms with Crippen LogP contribution in [-0.2, 0) is 32.7 Å². The molecule has 1 saturated heterocycles. The number of hydrogen-bond acceptors (Lipinski definition) is 6. The summed E-state index contributed by atoms with van der Waals surface area (Å²) in [4.78, 5) is 37.9. The van der Waals surface area contributed by atoms with Crippen LogP contribution < -0.4 is 10.0 Å². The number of carbonyl (C=O) groups is 3. The van der Waals surface area contributed by atoms with Gasteiger partial charge in [-0.05, 0) is 37.5 Å². The predicted octanol–water partition coefficient (Wildman–Crippen LogP) is 0.704. The number of benzene rings is 1. The number of hydrogen-bond donors (Lipinski definition) is 2. The van der Waals surface area contributed by atoms with E-state index in [4.69, 9.17) is 0 Å². The number of fused-ring (bicyclic) bond motifs is 1. The molecule has 0 bridgehead atoms. The van der Waals surface area contributed by atoms with Crippen LogP contribution in [-0.4, -0.2) is 46.9 Å². The molecule has 0 aliphatic carbocycles. The maximum absolute atomic E-state index is 12.9. The van der Waals surface area contributed by atoms with E-state index in [0.29, 0.717) is 17.5 Å². The minimum Gasteiger partial charge on any atom is -0.322 e. The van der Waals surface area contributed by atoms with Crippen LogP contribution in [0.2, 0.25) is 0 Å². The van der Waals surface area contributed by atoms with Gasteiger partial charge in [0.25, 0.3) is 5.91 Å². The lowest BCUT2D eigenvalue weighted by Gasteiger charge is -2.29. The normalized spacial score (nSPS) is 19.1. The van der Waals surface area contributed by atoms with Crippen molar-refractivity contribution >= 4 is 27.7 Å². The summed E-state index contributed by atoms with van der Waals surface area (Å²) in [7, 11) is -3.75. The first-order chi connectivity index (χ1) is 14.7. The topological polar surface area (TPSA) is 130 Å². The Hall–Kier alpha value is -3.05. The highest BCUT2D eigenvalue weighted by Gasteiger charge is 2.39. The number of carbonyl (C=O) groups excluding carboxylic acids is 3. The minimum absolute atomic E-state index is 0.00810. The molecule has 2 N–H and O–H groups in total. The number of nitrogens with one attached hydrogen (secondary N) is 2. The molecule has 11 heteroatoms. The van der Waals surface area contributed by atoms with Gasteiger partial charge in [-0.15, -0.1) is 0 Å². The number of aromatic nitrogens is 2. The fourth-order valence-corrected chi connectivity index (χ4v) is 4.67. The SMILES string of the molecule is CC(C)n1cc(S(=O)(=O)NCc2ccc3c(c2)C(=O)N(C2CCC(=O)NC2=O)C3)cn1. The Kier molecular flexibility index (Phi) is 5.40. The number of amides is 3. The quantitative estimate of drug-likeness (QED) is 0.630. The minimum atomic E-state index is -3.75. The number of nitrogens with zero attached hydrogens (tertiary/aromatic N) is 3. The molecule has 3 heterocycles. The molecule has 164 valence electrons. The maximum atomic E-state index is 12.9. The van der Waals surface area contributed by atoms with E-state index in [1.807, 2.05) is 13.8 Å². The van der Waals surface area contributed by atoms with Crippen molar-refractivity contribution in [3.63, 3.8) is 0 Å². The van der Waals surface area contributed by atoms with Crippen LogP contribution in [0.1, 0.15) is 54.2 Å². The molecule has 1 unspecified atom stereocenters. The van der Waals surface area contributed by atoms with Crippen molar-refractivity contribution in [2.24, 2.45) is 0 Å². The van der Waals surface area contributed by atoms with Crippen molar-refractivity contribution in [3.8, 4) is 0 Å². The van der Waals surface area contributed by atoms with Crippen LogP contribution in [0.3, 0.4) is 0 Å². The zero-order valence-electron chi connectivity index (χ0n) is 17.2. The third-order valence-corrected chi connectivity index (χ3v) is 6.83. The van der Waals surface area contributed by atoms with Crippen LogP contribution in [0.4, 0.5) is 0 Å². The zero-order valence-corrected chi connectivity index (χ0v) is 18.0. The van der Waals surface area contributed by atoms with E-state index < -0.39 is 22.0 Å². The molecule has 1 atom stereocenters. The first kappa shape index (κ1) is 21.2. The van der Waals surface area contributed by atoms with Crippen LogP contribution in [0.15, 0.2) is 35.5 Å². The van der Waals surface area contributed by atoms with Gasteiger partial charge in [-0.1, -0.05) is 12.1 Å². The highest BCUT2D eigenvalue weighted by Crippen LogP contribution is 2.28. The molecule has 0 saturated carbocycles. The highest BCUT2D eigenvalue weighted by atomic mass is 32.2. The van der Waals surface area contributed by atoms with E-state index in [2.05, 4.69) is 15.1 Å². The Balaban J connectivity index is 1.46. The van der Waals surface area contributed by atoms with E-state index >= 15 is 0 Å². The lowest BCUT2D eigenvalue weighted by molar-refractivity contribution is -0.136.